The molecule has 1 aromatic heterocycles. The maximum atomic E-state index is 12.3. The largest absolute Gasteiger partial charge is 0.435 e. The molecule has 160 valence electrons. The molecule has 1 N–H and O–H groups in total. The molecule has 0 bridgehead atoms. The number of hydrogen-bond donors (Lipinski definition) is 1. The summed E-state index contributed by atoms with van der Waals surface area (Å²) in [4.78, 5) is 10.8. The van der Waals surface area contributed by atoms with E-state index in [1.165, 1.54) is 5.56 Å². The van der Waals surface area contributed by atoms with Crippen LogP contribution in [0, 0.1) is 0 Å². The number of halogens is 3. The van der Waals surface area contributed by atoms with Crippen molar-refractivity contribution in [2.24, 2.45) is 4.99 Å². The minimum absolute atomic E-state index is 0. The molecule has 8 heteroatoms. The third-order valence-corrected chi connectivity index (χ3v) is 4.54. The predicted octanol–water partition coefficient (Wildman–Crippen LogP) is 4.70. The van der Waals surface area contributed by atoms with Crippen LogP contribution in [0.1, 0.15) is 11.1 Å². The molecule has 1 heterocycles. The van der Waals surface area contributed by atoms with E-state index in [4.69, 9.17) is 0 Å². The van der Waals surface area contributed by atoms with E-state index in [-0.39, 0.29) is 29.7 Å². The van der Waals surface area contributed by atoms with Gasteiger partial charge in [-0.25, -0.2) is 0 Å². The molecule has 3 aromatic rings. The topological polar surface area (TPSA) is 49.8 Å². The molecular formula is C22H25F2IN4O. The lowest BCUT2D eigenvalue weighted by atomic mass is 10.1. The molecule has 0 fully saturated rings. The van der Waals surface area contributed by atoms with Gasteiger partial charge in [0.05, 0.1) is 5.52 Å². The van der Waals surface area contributed by atoms with Crippen LogP contribution in [0.3, 0.4) is 0 Å². The normalized spacial score (nSPS) is 11.3. The lowest BCUT2D eigenvalue weighted by Gasteiger charge is -2.22. The summed E-state index contributed by atoms with van der Waals surface area (Å²) in [6.45, 7) is -1.51. The molecule has 5 nitrogen and oxygen atoms in total. The van der Waals surface area contributed by atoms with Crippen molar-refractivity contribution in [3.8, 4) is 5.75 Å². The molecule has 0 aliphatic carbocycles. The molecule has 0 aliphatic heterocycles. The Hall–Kier alpha value is -2.49. The predicted molar refractivity (Wildman–Crippen MR) is 127 cm³/mol. The summed E-state index contributed by atoms with van der Waals surface area (Å²) in [5.41, 5.74) is 3.17. The first-order chi connectivity index (χ1) is 14.1. The second kappa shape index (κ2) is 11.6. The van der Waals surface area contributed by atoms with Crippen LogP contribution < -0.4 is 10.1 Å². The van der Waals surface area contributed by atoms with Gasteiger partial charge in [-0.2, -0.15) is 8.78 Å². The molecule has 0 atom stereocenters. The Bertz CT molecular complexity index is 962. The van der Waals surface area contributed by atoms with Gasteiger partial charge in [0.1, 0.15) is 5.75 Å². The maximum Gasteiger partial charge on any atom is 0.387 e. The number of benzene rings is 2. The number of pyridine rings is 1. The third kappa shape index (κ3) is 6.51. The summed E-state index contributed by atoms with van der Waals surface area (Å²) in [5.74, 6) is 0.906. The number of guanidine groups is 1. The Kier molecular flexibility index (Phi) is 9.22. The Morgan fingerprint density at radius 2 is 1.87 bits per heavy atom. The fourth-order valence-electron chi connectivity index (χ4n) is 3.19. The molecule has 0 saturated heterocycles. The second-order valence-electron chi connectivity index (χ2n) is 6.59. The number of alkyl halides is 2. The van der Waals surface area contributed by atoms with Crippen molar-refractivity contribution in [3.05, 3.63) is 71.9 Å². The minimum atomic E-state index is -2.82. The fraction of sp³-hybridized carbons (Fsp3) is 0.273. The van der Waals surface area contributed by atoms with Gasteiger partial charge in [-0.15, -0.1) is 24.0 Å². The highest BCUT2D eigenvalue weighted by atomic mass is 127. The van der Waals surface area contributed by atoms with Gasteiger partial charge in [0.15, 0.2) is 5.96 Å². The zero-order valence-corrected chi connectivity index (χ0v) is 19.2. The smallest absolute Gasteiger partial charge is 0.387 e. The van der Waals surface area contributed by atoms with Crippen molar-refractivity contribution in [2.75, 3.05) is 20.6 Å². The number of nitrogens with zero attached hydrogens (tertiary/aromatic N) is 3. The second-order valence-corrected chi connectivity index (χ2v) is 6.59. The Morgan fingerprint density at radius 1 is 1.13 bits per heavy atom. The Balaban J connectivity index is 0.00000320. The van der Waals surface area contributed by atoms with Gasteiger partial charge in [-0.3, -0.25) is 9.98 Å². The van der Waals surface area contributed by atoms with Crippen molar-refractivity contribution in [2.45, 2.75) is 19.6 Å². The molecule has 0 saturated carbocycles. The first-order valence-corrected chi connectivity index (χ1v) is 9.35. The van der Waals surface area contributed by atoms with E-state index in [0.717, 1.165) is 28.8 Å². The SMILES string of the molecule is CN=C(NCCc1cccc2cccnc12)N(C)Cc1ccc(OC(F)F)cc1.I. The van der Waals surface area contributed by atoms with Crippen molar-refractivity contribution in [1.29, 1.82) is 0 Å². The summed E-state index contributed by atoms with van der Waals surface area (Å²) in [5, 5.41) is 4.49. The molecular weight excluding hydrogens is 501 g/mol. The first-order valence-electron chi connectivity index (χ1n) is 9.35. The highest BCUT2D eigenvalue weighted by Crippen LogP contribution is 2.17. The number of ether oxygens (including phenoxy) is 1. The van der Waals surface area contributed by atoms with E-state index in [1.807, 2.05) is 30.3 Å². The lowest BCUT2D eigenvalue weighted by molar-refractivity contribution is -0.0498. The van der Waals surface area contributed by atoms with Crippen LogP contribution in [-0.2, 0) is 13.0 Å². The Labute approximate surface area is 192 Å². The van der Waals surface area contributed by atoms with Crippen LogP contribution in [0.25, 0.3) is 10.9 Å². The number of rotatable bonds is 7. The van der Waals surface area contributed by atoms with Crippen molar-refractivity contribution in [1.82, 2.24) is 15.2 Å². The van der Waals surface area contributed by atoms with Crippen molar-refractivity contribution < 1.29 is 13.5 Å². The molecule has 0 aliphatic rings. The zero-order chi connectivity index (χ0) is 20.6. The number of aliphatic imine (C=N–C) groups is 1. The number of hydrogen-bond acceptors (Lipinski definition) is 3. The summed E-state index contributed by atoms with van der Waals surface area (Å²) >= 11 is 0. The number of nitrogens with one attached hydrogen (secondary N) is 1. The number of fused-ring (bicyclic) bond motifs is 1. The van der Waals surface area contributed by atoms with E-state index < -0.39 is 6.61 Å². The maximum absolute atomic E-state index is 12.3. The first kappa shape index (κ1) is 23.8. The van der Waals surface area contributed by atoms with E-state index >= 15 is 0 Å². The lowest BCUT2D eigenvalue weighted by Crippen LogP contribution is -2.39. The molecule has 3 rings (SSSR count). The highest BCUT2D eigenvalue weighted by molar-refractivity contribution is 14.0. The van der Waals surface area contributed by atoms with Crippen LogP contribution in [-0.4, -0.2) is 43.1 Å². The summed E-state index contributed by atoms with van der Waals surface area (Å²) in [6.07, 6.45) is 2.63. The molecule has 0 radical (unpaired) electrons. The summed E-state index contributed by atoms with van der Waals surface area (Å²) < 4.78 is 28.9. The van der Waals surface area contributed by atoms with Gasteiger partial charge in [0, 0.05) is 38.8 Å². The summed E-state index contributed by atoms with van der Waals surface area (Å²) in [7, 11) is 3.66. The van der Waals surface area contributed by atoms with Crippen LogP contribution in [0.15, 0.2) is 65.8 Å². The van der Waals surface area contributed by atoms with Crippen LogP contribution >= 0.6 is 24.0 Å². The average molecular weight is 526 g/mol. The van der Waals surface area contributed by atoms with Crippen LogP contribution in [0.2, 0.25) is 0 Å². The van der Waals surface area contributed by atoms with Gasteiger partial charge in [-0.1, -0.05) is 36.4 Å². The fourth-order valence-corrected chi connectivity index (χ4v) is 3.19. The van der Waals surface area contributed by atoms with E-state index in [2.05, 4.69) is 38.2 Å². The average Bonchev–Trinajstić information content (AvgIpc) is 2.72. The zero-order valence-electron chi connectivity index (χ0n) is 16.9. The van der Waals surface area contributed by atoms with Gasteiger partial charge in [-0.05, 0) is 35.7 Å². The molecule has 2 aromatic carbocycles. The molecule has 0 amide bonds. The third-order valence-electron chi connectivity index (χ3n) is 4.54. The van der Waals surface area contributed by atoms with E-state index in [1.54, 1.807) is 31.3 Å². The summed E-state index contributed by atoms with van der Waals surface area (Å²) in [6, 6.07) is 16.8. The molecule has 0 spiro atoms. The standard InChI is InChI=1S/C22H24F2N4O.HI/c1-25-22(28(2)15-16-8-10-19(11-9-16)29-21(23)24)27-14-12-18-6-3-5-17-7-4-13-26-20(17)18;/h3-11,13,21H,12,14-15H2,1-2H3,(H,25,27);1H. The van der Waals surface area contributed by atoms with Gasteiger partial charge < -0.3 is 15.0 Å². The van der Waals surface area contributed by atoms with Crippen LogP contribution in [0.4, 0.5) is 8.78 Å². The van der Waals surface area contributed by atoms with Gasteiger partial charge in [0.2, 0.25) is 0 Å². The Morgan fingerprint density at radius 3 is 2.57 bits per heavy atom. The van der Waals surface area contributed by atoms with Crippen molar-refractivity contribution >= 4 is 40.8 Å². The van der Waals surface area contributed by atoms with Crippen molar-refractivity contribution in [3.63, 3.8) is 0 Å². The molecule has 30 heavy (non-hydrogen) atoms. The van der Waals surface area contributed by atoms with E-state index in [0.29, 0.717) is 13.1 Å². The quantitative estimate of drug-likeness (QED) is 0.276. The number of aromatic nitrogens is 1. The molecule has 0 unspecified atom stereocenters. The minimum Gasteiger partial charge on any atom is -0.435 e. The van der Waals surface area contributed by atoms with Crippen LogP contribution in [0.5, 0.6) is 5.75 Å². The monoisotopic (exact) mass is 526 g/mol. The van der Waals surface area contributed by atoms with Gasteiger partial charge in [0.25, 0.3) is 0 Å². The van der Waals surface area contributed by atoms with E-state index in [9.17, 15) is 8.78 Å². The van der Waals surface area contributed by atoms with Gasteiger partial charge >= 0.3 is 6.61 Å². The number of para-hydroxylation sites is 1. The highest BCUT2D eigenvalue weighted by Gasteiger charge is 2.09.